The quantitative estimate of drug-likeness (QED) is 0.737. The van der Waals surface area contributed by atoms with Gasteiger partial charge in [-0.05, 0) is 36.5 Å². The van der Waals surface area contributed by atoms with Gasteiger partial charge in [-0.15, -0.1) is 0 Å². The van der Waals surface area contributed by atoms with E-state index in [1.807, 2.05) is 35.0 Å². The third-order valence-corrected chi connectivity index (χ3v) is 4.67. The Labute approximate surface area is 148 Å². The molecule has 2 heterocycles. The lowest BCUT2D eigenvalue weighted by Crippen LogP contribution is -2.26. The highest BCUT2D eigenvalue weighted by Gasteiger charge is 2.19. The maximum absolute atomic E-state index is 12.5. The van der Waals surface area contributed by atoms with Crippen LogP contribution in [0.5, 0.6) is 0 Å². The number of hydrogen-bond acceptors (Lipinski definition) is 2. The summed E-state index contributed by atoms with van der Waals surface area (Å²) in [6.07, 6.45) is 4.28. The lowest BCUT2D eigenvalue weighted by Gasteiger charge is -2.21. The zero-order valence-electron chi connectivity index (χ0n) is 15.1. The Balaban J connectivity index is 1.65. The fourth-order valence-corrected chi connectivity index (χ4v) is 3.13. The molecule has 4 heteroatoms. The van der Waals surface area contributed by atoms with Gasteiger partial charge < -0.3 is 9.72 Å². The molecule has 0 bridgehead atoms. The molecule has 1 unspecified atom stereocenters. The molecule has 3 rings (SSSR count). The number of pyridine rings is 1. The third kappa shape index (κ3) is 4.08. The average Bonchev–Trinajstić information content (AvgIpc) is 3.02. The molecule has 25 heavy (non-hydrogen) atoms. The Morgan fingerprint density at radius 3 is 2.64 bits per heavy atom. The first-order valence-corrected chi connectivity index (χ1v) is 8.79. The molecule has 0 fully saturated rings. The number of rotatable bonds is 6. The predicted molar refractivity (Wildman–Crippen MR) is 100 cm³/mol. The van der Waals surface area contributed by atoms with Crippen LogP contribution in [-0.4, -0.2) is 15.3 Å². The van der Waals surface area contributed by atoms with Crippen molar-refractivity contribution in [3.05, 3.63) is 71.8 Å². The van der Waals surface area contributed by atoms with E-state index in [4.69, 9.17) is 0 Å². The summed E-state index contributed by atoms with van der Waals surface area (Å²) in [4.78, 5) is 16.9. The summed E-state index contributed by atoms with van der Waals surface area (Å²) in [5.74, 6) is 1.53. The van der Waals surface area contributed by atoms with Crippen molar-refractivity contribution >= 4 is 11.4 Å². The SMILES string of the molecule is Cc1ccc(C(CC(=O)NCc2ncc3ccccn23)C(C)C)cc1. The summed E-state index contributed by atoms with van der Waals surface area (Å²) in [6, 6.07) is 14.4. The number of nitrogens with one attached hydrogen (secondary N) is 1. The van der Waals surface area contributed by atoms with Crippen LogP contribution < -0.4 is 5.32 Å². The summed E-state index contributed by atoms with van der Waals surface area (Å²) in [5.41, 5.74) is 3.50. The van der Waals surface area contributed by atoms with Gasteiger partial charge in [0, 0.05) is 12.6 Å². The molecule has 130 valence electrons. The molecule has 0 aliphatic rings. The number of carbonyl (C=O) groups excluding carboxylic acids is 1. The molecule has 0 spiro atoms. The first kappa shape index (κ1) is 17.2. The zero-order valence-corrected chi connectivity index (χ0v) is 15.1. The second-order valence-corrected chi connectivity index (χ2v) is 6.91. The minimum atomic E-state index is 0.0620. The second-order valence-electron chi connectivity index (χ2n) is 6.91. The van der Waals surface area contributed by atoms with Crippen LogP contribution in [0.25, 0.3) is 5.52 Å². The van der Waals surface area contributed by atoms with Crippen molar-refractivity contribution in [2.24, 2.45) is 5.92 Å². The van der Waals surface area contributed by atoms with Crippen molar-refractivity contribution < 1.29 is 4.79 Å². The minimum absolute atomic E-state index is 0.0620. The molecule has 1 N–H and O–H groups in total. The molecule has 2 aromatic heterocycles. The van der Waals surface area contributed by atoms with E-state index in [2.05, 4.69) is 55.3 Å². The number of amides is 1. The largest absolute Gasteiger partial charge is 0.349 e. The summed E-state index contributed by atoms with van der Waals surface area (Å²) in [7, 11) is 0. The maximum Gasteiger partial charge on any atom is 0.220 e. The molecule has 0 saturated carbocycles. The number of fused-ring (bicyclic) bond motifs is 1. The number of benzene rings is 1. The highest BCUT2D eigenvalue weighted by molar-refractivity contribution is 5.76. The normalized spacial score (nSPS) is 12.5. The lowest BCUT2D eigenvalue weighted by atomic mass is 9.85. The zero-order chi connectivity index (χ0) is 17.8. The molecular weight excluding hydrogens is 310 g/mol. The Kier molecular flexibility index (Phi) is 5.17. The number of hydrogen-bond donors (Lipinski definition) is 1. The van der Waals surface area contributed by atoms with Crippen molar-refractivity contribution in [3.8, 4) is 0 Å². The van der Waals surface area contributed by atoms with Crippen LogP contribution in [0.2, 0.25) is 0 Å². The first-order chi connectivity index (χ1) is 12.0. The average molecular weight is 335 g/mol. The highest BCUT2D eigenvalue weighted by Crippen LogP contribution is 2.28. The van der Waals surface area contributed by atoms with Crippen molar-refractivity contribution in [2.45, 2.75) is 39.7 Å². The molecule has 0 aliphatic heterocycles. The van der Waals surface area contributed by atoms with Gasteiger partial charge in [0.1, 0.15) is 5.82 Å². The van der Waals surface area contributed by atoms with Crippen LogP contribution in [0.15, 0.2) is 54.9 Å². The summed E-state index contributed by atoms with van der Waals surface area (Å²) >= 11 is 0. The fourth-order valence-electron chi connectivity index (χ4n) is 3.13. The topological polar surface area (TPSA) is 46.4 Å². The van der Waals surface area contributed by atoms with E-state index in [9.17, 15) is 4.79 Å². The van der Waals surface area contributed by atoms with Crippen molar-refractivity contribution in [2.75, 3.05) is 0 Å². The van der Waals surface area contributed by atoms with Crippen LogP contribution in [0.1, 0.15) is 43.1 Å². The van der Waals surface area contributed by atoms with E-state index in [0.29, 0.717) is 18.9 Å². The predicted octanol–water partition coefficient (Wildman–Crippen LogP) is 4.09. The Bertz CT molecular complexity index is 849. The molecule has 0 radical (unpaired) electrons. The van der Waals surface area contributed by atoms with E-state index < -0.39 is 0 Å². The van der Waals surface area contributed by atoms with E-state index in [1.165, 1.54) is 11.1 Å². The van der Waals surface area contributed by atoms with Gasteiger partial charge in [-0.25, -0.2) is 4.98 Å². The van der Waals surface area contributed by atoms with Crippen LogP contribution in [0.4, 0.5) is 0 Å². The number of aryl methyl sites for hydroxylation is 1. The summed E-state index contributed by atoms with van der Waals surface area (Å²) in [6.45, 7) is 6.85. The number of carbonyl (C=O) groups is 1. The van der Waals surface area contributed by atoms with E-state index in [1.54, 1.807) is 0 Å². The van der Waals surface area contributed by atoms with Gasteiger partial charge in [-0.2, -0.15) is 0 Å². The molecule has 4 nitrogen and oxygen atoms in total. The Morgan fingerprint density at radius 1 is 1.16 bits per heavy atom. The van der Waals surface area contributed by atoms with Crippen molar-refractivity contribution in [1.82, 2.24) is 14.7 Å². The van der Waals surface area contributed by atoms with Gasteiger partial charge in [-0.1, -0.05) is 49.7 Å². The number of imidazole rings is 1. The van der Waals surface area contributed by atoms with E-state index in [0.717, 1.165) is 11.3 Å². The summed E-state index contributed by atoms with van der Waals surface area (Å²) < 4.78 is 2.00. The number of aromatic nitrogens is 2. The lowest BCUT2D eigenvalue weighted by molar-refractivity contribution is -0.121. The molecular formula is C21H25N3O. The Hall–Kier alpha value is -2.62. The van der Waals surface area contributed by atoms with Gasteiger partial charge in [0.2, 0.25) is 5.91 Å². The van der Waals surface area contributed by atoms with Crippen LogP contribution in [-0.2, 0) is 11.3 Å². The van der Waals surface area contributed by atoms with Crippen molar-refractivity contribution in [3.63, 3.8) is 0 Å². The number of nitrogens with zero attached hydrogens (tertiary/aromatic N) is 2. The smallest absolute Gasteiger partial charge is 0.220 e. The van der Waals surface area contributed by atoms with E-state index >= 15 is 0 Å². The molecule has 1 amide bonds. The highest BCUT2D eigenvalue weighted by atomic mass is 16.1. The molecule has 1 atom stereocenters. The Morgan fingerprint density at radius 2 is 1.92 bits per heavy atom. The molecule has 1 aromatic carbocycles. The third-order valence-electron chi connectivity index (χ3n) is 4.67. The minimum Gasteiger partial charge on any atom is -0.349 e. The van der Waals surface area contributed by atoms with Crippen LogP contribution >= 0.6 is 0 Å². The van der Waals surface area contributed by atoms with Gasteiger partial charge in [0.25, 0.3) is 0 Å². The van der Waals surface area contributed by atoms with Crippen LogP contribution in [0, 0.1) is 12.8 Å². The molecule has 3 aromatic rings. The van der Waals surface area contributed by atoms with Crippen LogP contribution in [0.3, 0.4) is 0 Å². The van der Waals surface area contributed by atoms with Gasteiger partial charge in [0.15, 0.2) is 0 Å². The van der Waals surface area contributed by atoms with Gasteiger partial charge >= 0.3 is 0 Å². The maximum atomic E-state index is 12.5. The van der Waals surface area contributed by atoms with Crippen molar-refractivity contribution in [1.29, 1.82) is 0 Å². The standard InChI is InChI=1S/C21H25N3O/c1-15(2)19(17-9-7-16(3)8-10-17)12-21(25)23-14-20-22-13-18-6-4-5-11-24(18)20/h4-11,13,15,19H,12,14H2,1-3H3,(H,23,25). The second kappa shape index (κ2) is 7.51. The van der Waals surface area contributed by atoms with Gasteiger partial charge in [0.05, 0.1) is 18.3 Å². The fraction of sp³-hybridized carbons (Fsp3) is 0.333. The first-order valence-electron chi connectivity index (χ1n) is 8.79. The van der Waals surface area contributed by atoms with Gasteiger partial charge in [-0.3, -0.25) is 4.79 Å². The molecule has 0 aliphatic carbocycles. The van der Waals surface area contributed by atoms with E-state index in [-0.39, 0.29) is 11.8 Å². The monoisotopic (exact) mass is 335 g/mol. The summed E-state index contributed by atoms with van der Waals surface area (Å²) in [5, 5.41) is 3.02. The molecule has 0 saturated heterocycles.